The minimum Gasteiger partial charge on any atom is -0.492 e. The number of nitrogens with one attached hydrogen (secondary N) is 1. The highest BCUT2D eigenvalue weighted by atomic mass is 35.5. The highest BCUT2D eigenvalue weighted by Gasteiger charge is 2.24. The Morgan fingerprint density at radius 3 is 2.63 bits per heavy atom. The van der Waals surface area contributed by atoms with E-state index in [1.54, 1.807) is 23.0 Å². The van der Waals surface area contributed by atoms with E-state index in [0.717, 1.165) is 60.9 Å². The lowest BCUT2D eigenvalue weighted by molar-refractivity contribution is -0.115. The molecule has 3 heterocycles. The molecule has 0 unspecified atom stereocenters. The van der Waals surface area contributed by atoms with Crippen LogP contribution in [0.3, 0.4) is 0 Å². The Balaban J connectivity index is 1.20. The minimum absolute atomic E-state index is 0.101. The van der Waals surface area contributed by atoms with Crippen molar-refractivity contribution in [3.63, 3.8) is 0 Å². The van der Waals surface area contributed by atoms with Crippen molar-refractivity contribution in [1.82, 2.24) is 24.8 Å². The van der Waals surface area contributed by atoms with Gasteiger partial charge in [-0.15, -0.1) is 0 Å². The van der Waals surface area contributed by atoms with Gasteiger partial charge < -0.3 is 14.6 Å². The van der Waals surface area contributed by atoms with Crippen LogP contribution in [-0.2, 0) is 18.3 Å². The number of benzene rings is 2. The number of carbonyl (C=O) groups excluding carboxylic acids is 1. The van der Waals surface area contributed by atoms with Gasteiger partial charge in [0.25, 0.3) is 0 Å². The van der Waals surface area contributed by atoms with Crippen molar-refractivity contribution in [2.24, 2.45) is 7.05 Å². The SMILES string of the molecule is Cc1noc(C2CCN(CCOc3ccc(NC(=O)Cc4ccc(Cl)cc4)cc3-c3ccnn3C)CC2)n1. The van der Waals surface area contributed by atoms with E-state index >= 15 is 0 Å². The summed E-state index contributed by atoms with van der Waals surface area (Å²) in [6.07, 6.45) is 4.00. The molecular formula is C28H31ClN6O3. The van der Waals surface area contributed by atoms with Crippen LogP contribution in [-0.4, -0.2) is 57.0 Å². The number of likely N-dealkylation sites (tertiary alicyclic amines) is 1. The third kappa shape index (κ3) is 6.41. The predicted molar refractivity (Wildman–Crippen MR) is 145 cm³/mol. The van der Waals surface area contributed by atoms with Gasteiger partial charge in [-0.2, -0.15) is 10.1 Å². The highest BCUT2D eigenvalue weighted by molar-refractivity contribution is 6.30. The van der Waals surface area contributed by atoms with E-state index in [0.29, 0.717) is 29.1 Å². The summed E-state index contributed by atoms with van der Waals surface area (Å²) in [5.41, 5.74) is 3.38. The number of ether oxygens (including phenoxy) is 1. The lowest BCUT2D eigenvalue weighted by Gasteiger charge is -2.30. The molecular weight excluding hydrogens is 504 g/mol. The molecule has 0 bridgehead atoms. The number of anilines is 1. The van der Waals surface area contributed by atoms with Crippen molar-refractivity contribution in [2.75, 3.05) is 31.6 Å². The van der Waals surface area contributed by atoms with Gasteiger partial charge in [-0.1, -0.05) is 28.9 Å². The van der Waals surface area contributed by atoms with Crippen molar-refractivity contribution in [1.29, 1.82) is 0 Å². The first-order valence-corrected chi connectivity index (χ1v) is 13.1. The fourth-order valence-corrected chi connectivity index (χ4v) is 4.86. The lowest BCUT2D eigenvalue weighted by Crippen LogP contribution is -2.36. The molecule has 198 valence electrons. The summed E-state index contributed by atoms with van der Waals surface area (Å²) >= 11 is 5.95. The Kier molecular flexibility index (Phi) is 8.05. The molecule has 1 amide bonds. The number of rotatable bonds is 9. The normalized spacial score (nSPS) is 14.5. The minimum atomic E-state index is -0.101. The van der Waals surface area contributed by atoms with Crippen molar-refractivity contribution in [3.05, 3.63) is 77.0 Å². The maximum Gasteiger partial charge on any atom is 0.229 e. The Morgan fingerprint density at radius 1 is 1.16 bits per heavy atom. The van der Waals surface area contributed by atoms with Crippen molar-refractivity contribution < 1.29 is 14.1 Å². The standard InChI is InChI=1S/C28H31ClN6O3/c1-19-31-28(38-33-19)21-10-13-35(14-11-21)15-16-37-26-8-7-23(18-24(26)25-9-12-30-34(25)2)32-27(36)17-20-3-5-22(29)6-4-20/h3-9,12,18,21H,10-11,13-17H2,1-2H3,(H,32,36). The molecule has 2 aromatic carbocycles. The van der Waals surface area contributed by atoms with Crippen LogP contribution in [0.2, 0.25) is 5.02 Å². The first kappa shape index (κ1) is 25.9. The van der Waals surface area contributed by atoms with Crippen LogP contribution >= 0.6 is 11.6 Å². The van der Waals surface area contributed by atoms with Crippen LogP contribution in [0.15, 0.2) is 59.3 Å². The van der Waals surface area contributed by atoms with Gasteiger partial charge in [0.15, 0.2) is 5.82 Å². The Labute approximate surface area is 226 Å². The number of halogens is 1. The molecule has 5 rings (SSSR count). The summed E-state index contributed by atoms with van der Waals surface area (Å²) in [7, 11) is 1.89. The molecule has 1 fully saturated rings. The fourth-order valence-electron chi connectivity index (χ4n) is 4.73. The average Bonchev–Trinajstić information content (AvgIpc) is 3.54. The zero-order valence-corrected chi connectivity index (χ0v) is 22.3. The number of nitrogens with zero attached hydrogens (tertiary/aromatic N) is 5. The number of aryl methyl sites for hydroxylation is 2. The first-order chi connectivity index (χ1) is 18.4. The number of carbonyl (C=O) groups is 1. The van der Waals surface area contributed by atoms with Gasteiger partial charge in [-0.05, 0) is 74.8 Å². The number of hydrogen-bond donors (Lipinski definition) is 1. The van der Waals surface area contributed by atoms with E-state index in [1.165, 1.54) is 0 Å². The summed E-state index contributed by atoms with van der Waals surface area (Å²) in [6.45, 7) is 5.14. The lowest BCUT2D eigenvalue weighted by atomic mass is 9.97. The van der Waals surface area contributed by atoms with Crippen molar-refractivity contribution in [3.8, 4) is 17.0 Å². The Bertz CT molecular complexity index is 1380. The van der Waals surface area contributed by atoms with Crippen molar-refractivity contribution >= 4 is 23.2 Å². The Hall–Kier alpha value is -3.69. The summed E-state index contributed by atoms with van der Waals surface area (Å²) in [4.78, 5) is 19.5. The molecule has 10 heteroatoms. The fraction of sp³-hybridized carbons (Fsp3) is 0.357. The molecule has 1 N–H and O–H groups in total. The second-order valence-corrected chi connectivity index (χ2v) is 9.98. The maximum absolute atomic E-state index is 12.7. The molecule has 38 heavy (non-hydrogen) atoms. The first-order valence-electron chi connectivity index (χ1n) is 12.8. The molecule has 0 aliphatic carbocycles. The van der Waals surface area contributed by atoms with Gasteiger partial charge in [0, 0.05) is 42.0 Å². The molecule has 1 aliphatic heterocycles. The monoisotopic (exact) mass is 534 g/mol. The molecule has 1 saturated heterocycles. The Morgan fingerprint density at radius 2 is 1.95 bits per heavy atom. The van der Waals surface area contributed by atoms with E-state index in [1.807, 2.05) is 50.4 Å². The van der Waals surface area contributed by atoms with Crippen LogP contribution in [0.4, 0.5) is 5.69 Å². The second kappa shape index (κ2) is 11.8. The summed E-state index contributed by atoms with van der Waals surface area (Å²) < 4.78 is 13.4. The molecule has 0 radical (unpaired) electrons. The zero-order valence-electron chi connectivity index (χ0n) is 21.6. The quantitative estimate of drug-likeness (QED) is 0.327. The van der Waals surface area contributed by atoms with Gasteiger partial charge in [0.2, 0.25) is 11.8 Å². The van der Waals surface area contributed by atoms with Crippen LogP contribution in [0.1, 0.15) is 36.0 Å². The van der Waals surface area contributed by atoms with E-state index < -0.39 is 0 Å². The third-order valence-corrected chi connectivity index (χ3v) is 7.04. The second-order valence-electron chi connectivity index (χ2n) is 9.55. The molecule has 0 atom stereocenters. The molecule has 0 spiro atoms. The molecule has 2 aromatic heterocycles. The van der Waals surface area contributed by atoms with Gasteiger partial charge >= 0.3 is 0 Å². The topological polar surface area (TPSA) is 98.3 Å². The average molecular weight is 535 g/mol. The van der Waals surface area contributed by atoms with E-state index in [-0.39, 0.29) is 12.3 Å². The zero-order chi connectivity index (χ0) is 26.5. The van der Waals surface area contributed by atoms with Gasteiger partial charge in [-0.25, -0.2) is 0 Å². The number of aromatic nitrogens is 4. The molecule has 1 aliphatic rings. The largest absolute Gasteiger partial charge is 0.492 e. The smallest absolute Gasteiger partial charge is 0.229 e. The molecule has 0 saturated carbocycles. The summed E-state index contributed by atoms with van der Waals surface area (Å²) in [5.74, 6) is 2.41. The molecule has 9 nitrogen and oxygen atoms in total. The number of hydrogen-bond acceptors (Lipinski definition) is 7. The van der Waals surface area contributed by atoms with E-state index in [9.17, 15) is 4.79 Å². The van der Waals surface area contributed by atoms with Gasteiger partial charge in [-0.3, -0.25) is 14.4 Å². The van der Waals surface area contributed by atoms with Crippen molar-refractivity contribution in [2.45, 2.75) is 32.1 Å². The van der Waals surface area contributed by atoms with Crippen LogP contribution in [0.25, 0.3) is 11.3 Å². The van der Waals surface area contributed by atoms with Gasteiger partial charge in [0.05, 0.1) is 12.1 Å². The summed E-state index contributed by atoms with van der Waals surface area (Å²) in [5, 5.41) is 11.9. The molecule has 4 aromatic rings. The summed E-state index contributed by atoms with van der Waals surface area (Å²) in [6, 6.07) is 14.9. The highest BCUT2D eigenvalue weighted by Crippen LogP contribution is 2.33. The van der Waals surface area contributed by atoms with E-state index in [2.05, 4.69) is 25.5 Å². The van der Waals surface area contributed by atoms with E-state index in [4.69, 9.17) is 20.9 Å². The van der Waals surface area contributed by atoms with Crippen LogP contribution < -0.4 is 10.1 Å². The maximum atomic E-state index is 12.7. The van der Waals surface area contributed by atoms with Crippen LogP contribution in [0.5, 0.6) is 5.75 Å². The van der Waals surface area contributed by atoms with Crippen LogP contribution in [0, 0.1) is 6.92 Å². The predicted octanol–water partition coefficient (Wildman–Crippen LogP) is 4.87. The number of piperidine rings is 1. The number of amides is 1. The van der Waals surface area contributed by atoms with Gasteiger partial charge in [0.1, 0.15) is 12.4 Å². The third-order valence-electron chi connectivity index (χ3n) is 6.78.